The van der Waals surface area contributed by atoms with Gasteiger partial charge in [0.05, 0.1) is 9.88 Å². The molecule has 21 heavy (non-hydrogen) atoms. The van der Waals surface area contributed by atoms with Gasteiger partial charge in [-0.3, -0.25) is 0 Å². The number of aromatic nitrogens is 1. The second kappa shape index (κ2) is 6.89. The largest absolute Gasteiger partial charge is 0.434 e. The van der Waals surface area contributed by atoms with E-state index in [9.17, 15) is 13.2 Å². The van der Waals surface area contributed by atoms with Crippen LogP contribution in [-0.4, -0.2) is 11.5 Å². The lowest BCUT2D eigenvalue weighted by Gasteiger charge is -2.05. The smallest absolute Gasteiger partial charge is 0.312 e. The van der Waals surface area contributed by atoms with Crippen LogP contribution in [0.3, 0.4) is 0 Å². The Morgan fingerprint density at radius 2 is 1.90 bits per heavy atom. The van der Waals surface area contributed by atoms with E-state index < -0.39 is 11.9 Å². The van der Waals surface area contributed by atoms with E-state index in [-0.39, 0.29) is 11.4 Å². The Hall–Kier alpha value is -0.920. The molecule has 0 aliphatic rings. The van der Waals surface area contributed by atoms with Crippen LogP contribution in [0.1, 0.15) is 28.1 Å². The summed E-state index contributed by atoms with van der Waals surface area (Å²) in [5.41, 5.74) is 0.177. The zero-order valence-corrected chi connectivity index (χ0v) is 13.7. The second-order valence-corrected chi connectivity index (χ2v) is 6.54. The molecule has 1 aromatic carbocycles. The van der Waals surface area contributed by atoms with Gasteiger partial charge in [0.1, 0.15) is 0 Å². The number of hydrogen-bond acceptors (Lipinski definition) is 3. The normalized spacial score (nSPS) is 11.9. The van der Waals surface area contributed by atoms with E-state index in [2.05, 4.69) is 26.2 Å². The van der Waals surface area contributed by atoms with E-state index in [4.69, 9.17) is 0 Å². The fraction of sp³-hybridized carbons (Fsp3) is 0.357. The van der Waals surface area contributed by atoms with Crippen molar-refractivity contribution >= 4 is 27.3 Å². The highest BCUT2D eigenvalue weighted by molar-refractivity contribution is 9.10. The Kier molecular flexibility index (Phi) is 5.40. The number of benzene rings is 1. The molecule has 0 spiro atoms. The van der Waals surface area contributed by atoms with Crippen LogP contribution in [0.15, 0.2) is 28.7 Å². The minimum absolute atomic E-state index is 0.198. The Morgan fingerprint density at radius 3 is 2.48 bits per heavy atom. The van der Waals surface area contributed by atoms with Crippen molar-refractivity contribution < 1.29 is 13.2 Å². The van der Waals surface area contributed by atoms with Gasteiger partial charge in [-0.2, -0.15) is 13.2 Å². The van der Waals surface area contributed by atoms with Gasteiger partial charge in [0.25, 0.3) is 0 Å². The molecule has 0 radical (unpaired) electrons. The van der Waals surface area contributed by atoms with Gasteiger partial charge in [0, 0.05) is 17.4 Å². The molecule has 1 heterocycles. The summed E-state index contributed by atoms with van der Waals surface area (Å²) in [5, 5.41) is 3.41. The maximum absolute atomic E-state index is 13.0. The Balaban J connectivity index is 2.23. The fourth-order valence-corrected chi connectivity index (χ4v) is 3.19. The summed E-state index contributed by atoms with van der Waals surface area (Å²) in [4.78, 5) is 4.04. The van der Waals surface area contributed by atoms with Crippen molar-refractivity contribution in [3.05, 3.63) is 49.9 Å². The molecule has 0 saturated carbocycles. The summed E-state index contributed by atoms with van der Waals surface area (Å²) in [6, 6.07) is 7.49. The standard InChI is InChI=1S/C14H14BrF3N2S/c1-2-19-8-11-13(14(16,17)18)20-12(21-11)7-9-3-5-10(15)6-4-9/h3-6,19H,2,7-8H2,1H3. The number of halogens is 4. The molecule has 0 bridgehead atoms. The molecule has 7 heteroatoms. The molecule has 0 saturated heterocycles. The highest BCUT2D eigenvalue weighted by Gasteiger charge is 2.37. The number of nitrogens with one attached hydrogen (secondary N) is 1. The Bertz CT molecular complexity index is 593. The highest BCUT2D eigenvalue weighted by atomic mass is 79.9. The van der Waals surface area contributed by atoms with Gasteiger partial charge < -0.3 is 5.32 Å². The molecule has 1 aromatic heterocycles. The molecule has 0 atom stereocenters. The summed E-state index contributed by atoms with van der Waals surface area (Å²) >= 11 is 4.45. The predicted molar refractivity (Wildman–Crippen MR) is 81.4 cm³/mol. The lowest BCUT2D eigenvalue weighted by Crippen LogP contribution is -2.15. The molecule has 0 fully saturated rings. The third kappa shape index (κ3) is 4.52. The number of rotatable bonds is 5. The molecule has 2 nitrogen and oxygen atoms in total. The van der Waals surface area contributed by atoms with Gasteiger partial charge >= 0.3 is 6.18 Å². The van der Waals surface area contributed by atoms with E-state index in [0.29, 0.717) is 18.0 Å². The lowest BCUT2D eigenvalue weighted by molar-refractivity contribution is -0.141. The highest BCUT2D eigenvalue weighted by Crippen LogP contribution is 2.35. The van der Waals surface area contributed by atoms with Gasteiger partial charge in [0.15, 0.2) is 5.69 Å². The van der Waals surface area contributed by atoms with Gasteiger partial charge in [0.2, 0.25) is 0 Å². The first-order valence-electron chi connectivity index (χ1n) is 6.41. The molecule has 2 rings (SSSR count). The van der Waals surface area contributed by atoms with Crippen molar-refractivity contribution in [3.8, 4) is 0 Å². The van der Waals surface area contributed by atoms with Crippen LogP contribution in [0.25, 0.3) is 0 Å². The molecule has 0 amide bonds. The van der Waals surface area contributed by atoms with Crippen molar-refractivity contribution in [3.63, 3.8) is 0 Å². The minimum atomic E-state index is -4.40. The fourth-order valence-electron chi connectivity index (χ4n) is 1.83. The monoisotopic (exact) mass is 378 g/mol. The van der Waals surface area contributed by atoms with Crippen LogP contribution < -0.4 is 5.32 Å². The minimum Gasteiger partial charge on any atom is -0.312 e. The summed E-state index contributed by atoms with van der Waals surface area (Å²) in [6.45, 7) is 2.68. The van der Waals surface area contributed by atoms with Crippen LogP contribution in [0.5, 0.6) is 0 Å². The first kappa shape index (κ1) is 16.5. The molecule has 0 aliphatic carbocycles. The number of hydrogen-bond donors (Lipinski definition) is 1. The van der Waals surface area contributed by atoms with Gasteiger partial charge in [-0.25, -0.2) is 4.98 Å². The van der Waals surface area contributed by atoms with E-state index in [0.717, 1.165) is 21.4 Å². The Morgan fingerprint density at radius 1 is 1.24 bits per heavy atom. The third-order valence-corrected chi connectivity index (χ3v) is 4.40. The first-order chi connectivity index (χ1) is 9.90. The summed E-state index contributed by atoms with van der Waals surface area (Å²) in [7, 11) is 0. The van der Waals surface area contributed by atoms with Crippen molar-refractivity contribution in [2.75, 3.05) is 6.54 Å². The van der Waals surface area contributed by atoms with E-state index in [1.165, 1.54) is 0 Å². The van der Waals surface area contributed by atoms with E-state index >= 15 is 0 Å². The average molecular weight is 379 g/mol. The van der Waals surface area contributed by atoms with Crippen LogP contribution in [0.2, 0.25) is 0 Å². The molecule has 114 valence electrons. The SMILES string of the molecule is CCNCc1sc(Cc2ccc(Br)cc2)nc1C(F)(F)F. The molecular weight excluding hydrogens is 365 g/mol. The van der Waals surface area contributed by atoms with E-state index in [1.807, 2.05) is 31.2 Å². The predicted octanol–water partition coefficient (Wildman–Crippen LogP) is 4.62. The Labute approximate surface area is 133 Å². The van der Waals surface area contributed by atoms with Crippen molar-refractivity contribution in [1.29, 1.82) is 0 Å². The first-order valence-corrected chi connectivity index (χ1v) is 8.02. The third-order valence-electron chi connectivity index (χ3n) is 2.81. The number of alkyl halides is 3. The quantitative estimate of drug-likeness (QED) is 0.820. The number of thiazole rings is 1. The zero-order chi connectivity index (χ0) is 15.5. The van der Waals surface area contributed by atoms with Crippen molar-refractivity contribution in [2.45, 2.75) is 26.1 Å². The lowest BCUT2D eigenvalue weighted by atomic mass is 10.2. The molecule has 1 N–H and O–H groups in total. The summed E-state index contributed by atoms with van der Waals surface area (Å²) in [6.07, 6.45) is -3.99. The zero-order valence-electron chi connectivity index (χ0n) is 11.3. The maximum atomic E-state index is 13.0. The molecular formula is C14H14BrF3N2S. The van der Waals surface area contributed by atoms with Crippen molar-refractivity contribution in [2.24, 2.45) is 0 Å². The molecule has 2 aromatic rings. The van der Waals surface area contributed by atoms with Crippen molar-refractivity contribution in [1.82, 2.24) is 10.3 Å². The number of nitrogens with zero attached hydrogens (tertiary/aromatic N) is 1. The van der Waals surface area contributed by atoms with Crippen LogP contribution in [-0.2, 0) is 19.1 Å². The summed E-state index contributed by atoms with van der Waals surface area (Å²) < 4.78 is 39.9. The van der Waals surface area contributed by atoms with Gasteiger partial charge in [-0.1, -0.05) is 35.0 Å². The molecule has 0 aliphatic heterocycles. The summed E-state index contributed by atoms with van der Waals surface area (Å²) in [5.74, 6) is 0. The van der Waals surface area contributed by atoms with Gasteiger partial charge in [-0.15, -0.1) is 11.3 Å². The van der Waals surface area contributed by atoms with Crippen LogP contribution in [0.4, 0.5) is 13.2 Å². The average Bonchev–Trinajstić information content (AvgIpc) is 2.82. The topological polar surface area (TPSA) is 24.9 Å². The molecule has 0 unspecified atom stereocenters. The van der Waals surface area contributed by atoms with Crippen LogP contribution >= 0.6 is 27.3 Å². The maximum Gasteiger partial charge on any atom is 0.434 e. The van der Waals surface area contributed by atoms with E-state index in [1.54, 1.807) is 0 Å². The van der Waals surface area contributed by atoms with Gasteiger partial charge in [-0.05, 0) is 24.2 Å². The van der Waals surface area contributed by atoms with Crippen LogP contribution in [0, 0.1) is 0 Å². The second-order valence-electron chi connectivity index (χ2n) is 4.46.